The van der Waals surface area contributed by atoms with Crippen LogP contribution in [0.1, 0.15) is 17.5 Å². The van der Waals surface area contributed by atoms with E-state index in [1.54, 1.807) is 7.11 Å². The molecule has 0 aromatic heterocycles. The van der Waals surface area contributed by atoms with Crippen molar-refractivity contribution in [2.75, 3.05) is 25.6 Å². The minimum Gasteiger partial charge on any atom is -0.383 e. The summed E-state index contributed by atoms with van der Waals surface area (Å²) in [6.45, 7) is 4.93. The second kappa shape index (κ2) is 8.12. The van der Waals surface area contributed by atoms with Crippen molar-refractivity contribution in [1.29, 1.82) is 0 Å². The smallest absolute Gasteiger partial charge is 0.240 e. The lowest BCUT2D eigenvalue weighted by atomic mass is 10.1. The van der Waals surface area contributed by atoms with E-state index in [0.717, 1.165) is 16.8 Å². The van der Waals surface area contributed by atoms with Crippen LogP contribution in [0.4, 0.5) is 5.69 Å². The van der Waals surface area contributed by atoms with Crippen LogP contribution in [0.2, 0.25) is 0 Å². The Morgan fingerprint density at radius 2 is 2.22 bits per heavy atom. The molecule has 2 N–H and O–H groups in total. The monoisotopic (exact) mass is 335 g/mol. The molecule has 0 unspecified atom stereocenters. The normalized spacial score (nSPS) is 19.0. The zero-order valence-electron chi connectivity index (χ0n) is 13.5. The maximum Gasteiger partial charge on any atom is 0.240 e. The second-order valence-electron chi connectivity index (χ2n) is 5.35. The predicted molar refractivity (Wildman–Crippen MR) is 92.9 cm³/mol. The molecule has 1 fully saturated rings. The Morgan fingerprint density at radius 1 is 1.43 bits per heavy atom. The van der Waals surface area contributed by atoms with Crippen molar-refractivity contribution in [2.24, 2.45) is 4.99 Å². The molecule has 1 heterocycles. The van der Waals surface area contributed by atoms with Crippen molar-refractivity contribution in [1.82, 2.24) is 5.32 Å². The van der Waals surface area contributed by atoms with Crippen molar-refractivity contribution in [3.63, 3.8) is 0 Å². The third-order valence-electron chi connectivity index (χ3n) is 3.35. The summed E-state index contributed by atoms with van der Waals surface area (Å²) in [6.07, 6.45) is 0.118. The summed E-state index contributed by atoms with van der Waals surface area (Å²) in [7, 11) is 1.60. The molecule has 0 aliphatic carbocycles. The van der Waals surface area contributed by atoms with Crippen molar-refractivity contribution < 1.29 is 14.3 Å². The molecule has 0 bridgehead atoms. The Labute approximate surface area is 140 Å². The fourth-order valence-corrected chi connectivity index (χ4v) is 3.17. The Morgan fingerprint density at radius 3 is 2.91 bits per heavy atom. The molecule has 2 amide bonds. The molecule has 1 saturated heterocycles. The second-order valence-corrected chi connectivity index (χ2v) is 6.54. The van der Waals surface area contributed by atoms with Crippen LogP contribution in [-0.2, 0) is 14.3 Å². The Kier molecular flexibility index (Phi) is 6.18. The SMILES string of the molecule is COCCN=C1NC(=O)[C@H](CC(=O)Nc2ccc(C)cc2C)S1. The standard InChI is InChI=1S/C16H21N3O3S/c1-10-4-5-12(11(2)8-10)18-14(20)9-13-15(21)19-16(23-13)17-6-7-22-3/h4-5,8,13H,6-7,9H2,1-3H3,(H,18,20)(H,17,19,21)/t13-/m0/s1. The number of nitrogens with one attached hydrogen (secondary N) is 2. The van der Waals surface area contributed by atoms with Gasteiger partial charge in [-0.15, -0.1) is 0 Å². The van der Waals surface area contributed by atoms with E-state index in [9.17, 15) is 9.59 Å². The number of amides is 2. The molecule has 1 aromatic rings. The predicted octanol–water partition coefficient (Wildman–Crippen LogP) is 1.87. The van der Waals surface area contributed by atoms with Gasteiger partial charge in [-0.3, -0.25) is 14.6 Å². The fraction of sp³-hybridized carbons (Fsp3) is 0.438. The van der Waals surface area contributed by atoms with Gasteiger partial charge in [0, 0.05) is 19.2 Å². The molecule has 0 saturated carbocycles. The van der Waals surface area contributed by atoms with Gasteiger partial charge in [0.1, 0.15) is 5.25 Å². The van der Waals surface area contributed by atoms with Crippen molar-refractivity contribution in [3.05, 3.63) is 29.3 Å². The highest BCUT2D eigenvalue weighted by molar-refractivity contribution is 8.15. The van der Waals surface area contributed by atoms with Crippen molar-refractivity contribution in [2.45, 2.75) is 25.5 Å². The Bertz CT molecular complexity index is 631. The molecule has 1 aliphatic heterocycles. The average Bonchev–Trinajstić information content (AvgIpc) is 2.82. The summed E-state index contributed by atoms with van der Waals surface area (Å²) in [4.78, 5) is 28.3. The average molecular weight is 335 g/mol. The molecule has 23 heavy (non-hydrogen) atoms. The van der Waals surface area contributed by atoms with Gasteiger partial charge in [0.2, 0.25) is 11.8 Å². The quantitative estimate of drug-likeness (QED) is 0.778. The molecule has 1 aliphatic rings. The van der Waals surface area contributed by atoms with Gasteiger partial charge in [-0.2, -0.15) is 0 Å². The summed E-state index contributed by atoms with van der Waals surface area (Å²) in [5.74, 6) is -0.357. The molecular formula is C16H21N3O3S. The minimum absolute atomic E-state index is 0.118. The molecular weight excluding hydrogens is 314 g/mol. The van der Waals surface area contributed by atoms with Gasteiger partial charge >= 0.3 is 0 Å². The zero-order chi connectivity index (χ0) is 16.8. The number of carbonyl (C=O) groups excluding carboxylic acids is 2. The van der Waals surface area contributed by atoms with Crippen LogP contribution >= 0.6 is 11.8 Å². The van der Waals surface area contributed by atoms with E-state index in [1.165, 1.54) is 11.8 Å². The molecule has 7 heteroatoms. The number of benzene rings is 1. The third kappa shape index (κ3) is 5.07. The highest BCUT2D eigenvalue weighted by Gasteiger charge is 2.31. The molecule has 1 aromatic carbocycles. The third-order valence-corrected chi connectivity index (χ3v) is 4.47. The molecule has 0 spiro atoms. The highest BCUT2D eigenvalue weighted by Crippen LogP contribution is 2.23. The van der Waals surface area contributed by atoms with Crippen molar-refractivity contribution in [3.8, 4) is 0 Å². The first-order chi connectivity index (χ1) is 11.0. The van der Waals surface area contributed by atoms with E-state index in [2.05, 4.69) is 15.6 Å². The summed E-state index contributed by atoms with van der Waals surface area (Å²) in [5.41, 5.74) is 2.92. The topological polar surface area (TPSA) is 79.8 Å². The summed E-state index contributed by atoms with van der Waals surface area (Å²) in [6, 6.07) is 5.83. The number of carbonyl (C=O) groups is 2. The van der Waals surface area contributed by atoms with Gasteiger partial charge in [0.15, 0.2) is 5.17 Å². The molecule has 1 atom stereocenters. The van der Waals surface area contributed by atoms with Crippen LogP contribution in [0.15, 0.2) is 23.2 Å². The lowest BCUT2D eigenvalue weighted by Crippen LogP contribution is -2.28. The van der Waals surface area contributed by atoms with E-state index in [-0.39, 0.29) is 18.2 Å². The van der Waals surface area contributed by atoms with Crippen LogP contribution in [0.5, 0.6) is 0 Å². The van der Waals surface area contributed by atoms with Gasteiger partial charge in [-0.25, -0.2) is 0 Å². The molecule has 6 nitrogen and oxygen atoms in total. The number of aryl methyl sites for hydroxylation is 2. The number of thioether (sulfide) groups is 1. The number of hydrogen-bond acceptors (Lipinski definition) is 5. The lowest BCUT2D eigenvalue weighted by Gasteiger charge is -2.10. The van der Waals surface area contributed by atoms with Gasteiger partial charge < -0.3 is 15.4 Å². The first-order valence-corrected chi connectivity index (χ1v) is 8.25. The van der Waals surface area contributed by atoms with Gasteiger partial charge in [0.05, 0.1) is 13.2 Å². The van der Waals surface area contributed by atoms with Crippen LogP contribution < -0.4 is 10.6 Å². The van der Waals surface area contributed by atoms with E-state index < -0.39 is 5.25 Å². The van der Waals surface area contributed by atoms with Gasteiger partial charge in [0.25, 0.3) is 0 Å². The van der Waals surface area contributed by atoms with E-state index in [4.69, 9.17) is 4.74 Å². The summed E-state index contributed by atoms with van der Waals surface area (Å²) in [5, 5.41) is 5.66. The number of hydrogen-bond donors (Lipinski definition) is 2. The number of ether oxygens (including phenoxy) is 1. The van der Waals surface area contributed by atoms with Gasteiger partial charge in [-0.1, -0.05) is 29.5 Å². The Balaban J connectivity index is 1.90. The maximum atomic E-state index is 12.2. The number of aliphatic imine (C=N–C) groups is 1. The van der Waals surface area contributed by atoms with E-state index in [1.807, 2.05) is 32.0 Å². The van der Waals surface area contributed by atoms with Gasteiger partial charge in [-0.05, 0) is 25.5 Å². The zero-order valence-corrected chi connectivity index (χ0v) is 14.3. The molecule has 124 valence electrons. The molecule has 0 radical (unpaired) electrons. The number of methoxy groups -OCH3 is 1. The largest absolute Gasteiger partial charge is 0.383 e. The lowest BCUT2D eigenvalue weighted by molar-refractivity contribution is -0.122. The molecule has 2 rings (SSSR count). The summed E-state index contributed by atoms with van der Waals surface area (Å²) >= 11 is 1.29. The number of amidine groups is 1. The van der Waals surface area contributed by atoms with E-state index in [0.29, 0.717) is 18.3 Å². The van der Waals surface area contributed by atoms with Crippen LogP contribution in [0.3, 0.4) is 0 Å². The highest BCUT2D eigenvalue weighted by atomic mass is 32.2. The maximum absolute atomic E-state index is 12.2. The Hall–Kier alpha value is -1.86. The van der Waals surface area contributed by atoms with Crippen molar-refractivity contribution >= 4 is 34.4 Å². The first kappa shape index (κ1) is 17.5. The fourth-order valence-electron chi connectivity index (χ4n) is 2.18. The minimum atomic E-state index is -0.443. The number of rotatable bonds is 6. The van der Waals surface area contributed by atoms with Crippen LogP contribution in [0.25, 0.3) is 0 Å². The summed E-state index contributed by atoms with van der Waals surface area (Å²) < 4.78 is 4.91. The number of nitrogens with zero attached hydrogens (tertiary/aromatic N) is 1. The first-order valence-electron chi connectivity index (χ1n) is 7.37. The van der Waals surface area contributed by atoms with Crippen LogP contribution in [0, 0.1) is 13.8 Å². The number of anilines is 1. The van der Waals surface area contributed by atoms with Crippen LogP contribution in [-0.4, -0.2) is 42.5 Å². The van der Waals surface area contributed by atoms with E-state index >= 15 is 0 Å².